The summed E-state index contributed by atoms with van der Waals surface area (Å²) in [6.45, 7) is 0. The largest absolute Gasteiger partial charge is 0.322 e. The number of nitrogens with zero attached hydrogens (tertiary/aromatic N) is 3. The number of nitrogens with one attached hydrogen (secondary N) is 1. The van der Waals surface area contributed by atoms with E-state index in [0.717, 1.165) is 0 Å². The van der Waals surface area contributed by atoms with Crippen molar-refractivity contribution < 1.29 is 4.39 Å². The van der Waals surface area contributed by atoms with Crippen LogP contribution in [0, 0.1) is 5.82 Å². The molecule has 0 unspecified atom stereocenters. The van der Waals surface area contributed by atoms with Gasteiger partial charge in [-0.15, -0.1) is 0 Å². The molecule has 3 aromatic rings. The van der Waals surface area contributed by atoms with Crippen LogP contribution in [0.15, 0.2) is 36.7 Å². The summed E-state index contributed by atoms with van der Waals surface area (Å²) in [5, 5.41) is 4.01. The van der Waals surface area contributed by atoms with Crippen LogP contribution < -0.4 is 0 Å². The molecule has 0 fully saturated rings. The van der Waals surface area contributed by atoms with Crippen molar-refractivity contribution in [3.05, 3.63) is 42.5 Å². The number of rotatable bonds is 1. The molecule has 2 aromatic heterocycles. The number of fused-ring (bicyclic) bond motifs is 1. The molecule has 0 saturated heterocycles. The molecular formula is C10H7FN4. The Morgan fingerprint density at radius 1 is 1.27 bits per heavy atom. The van der Waals surface area contributed by atoms with Crippen LogP contribution in [0.3, 0.4) is 0 Å². The molecule has 0 aliphatic heterocycles. The average molecular weight is 202 g/mol. The van der Waals surface area contributed by atoms with Gasteiger partial charge >= 0.3 is 0 Å². The van der Waals surface area contributed by atoms with Crippen molar-refractivity contribution in [2.24, 2.45) is 0 Å². The van der Waals surface area contributed by atoms with Gasteiger partial charge in [0.2, 0.25) is 5.95 Å². The fourth-order valence-electron chi connectivity index (χ4n) is 1.49. The smallest absolute Gasteiger partial charge is 0.229 e. The molecule has 4 nitrogen and oxygen atoms in total. The molecule has 2 heterocycles. The lowest BCUT2D eigenvalue weighted by atomic mass is 10.3. The van der Waals surface area contributed by atoms with Gasteiger partial charge in [0, 0.05) is 12.4 Å². The van der Waals surface area contributed by atoms with Crippen LogP contribution >= 0.6 is 0 Å². The second kappa shape index (κ2) is 2.91. The molecule has 3 rings (SSSR count). The third-order valence-electron chi connectivity index (χ3n) is 2.17. The zero-order valence-corrected chi connectivity index (χ0v) is 7.68. The van der Waals surface area contributed by atoms with E-state index in [4.69, 9.17) is 0 Å². The van der Waals surface area contributed by atoms with E-state index in [1.165, 1.54) is 6.07 Å². The summed E-state index contributed by atoms with van der Waals surface area (Å²) in [4.78, 5) is 7.11. The minimum absolute atomic E-state index is 0.331. The number of halogens is 1. The van der Waals surface area contributed by atoms with Crippen LogP contribution in [0.5, 0.6) is 0 Å². The van der Waals surface area contributed by atoms with E-state index in [-0.39, 0.29) is 5.82 Å². The summed E-state index contributed by atoms with van der Waals surface area (Å²) in [5.74, 6) is 0.183. The van der Waals surface area contributed by atoms with Gasteiger partial charge < -0.3 is 4.98 Å². The molecule has 1 aromatic carbocycles. The summed E-state index contributed by atoms with van der Waals surface area (Å²) in [7, 11) is 0. The van der Waals surface area contributed by atoms with Gasteiger partial charge in [0.15, 0.2) is 5.82 Å². The molecule has 74 valence electrons. The van der Waals surface area contributed by atoms with Gasteiger partial charge in [0.25, 0.3) is 0 Å². The lowest BCUT2D eigenvalue weighted by Gasteiger charge is -1.91. The standard InChI is InChI=1S/C10H7FN4/c11-7-3-1-4-8-9(7)14-10(13-8)15-6-2-5-12-15/h1-6H,(H,13,14). The van der Waals surface area contributed by atoms with E-state index in [1.54, 1.807) is 35.3 Å². The van der Waals surface area contributed by atoms with Gasteiger partial charge in [-0.05, 0) is 18.2 Å². The second-order valence-corrected chi connectivity index (χ2v) is 3.15. The molecule has 0 amide bonds. The van der Waals surface area contributed by atoms with Crippen molar-refractivity contribution in [1.29, 1.82) is 0 Å². The maximum Gasteiger partial charge on any atom is 0.229 e. The van der Waals surface area contributed by atoms with E-state index in [1.807, 2.05) is 0 Å². The normalized spacial score (nSPS) is 11.0. The SMILES string of the molecule is Fc1cccc2[nH]c(-n3cccn3)nc12. The molecule has 1 N–H and O–H groups in total. The second-order valence-electron chi connectivity index (χ2n) is 3.15. The molecule has 0 atom stereocenters. The maximum absolute atomic E-state index is 13.3. The van der Waals surface area contributed by atoms with Gasteiger partial charge in [-0.3, -0.25) is 0 Å². The lowest BCUT2D eigenvalue weighted by molar-refractivity contribution is 0.637. The lowest BCUT2D eigenvalue weighted by Crippen LogP contribution is -1.95. The third-order valence-corrected chi connectivity index (χ3v) is 2.17. The number of para-hydroxylation sites is 1. The van der Waals surface area contributed by atoms with Crippen LogP contribution in [-0.4, -0.2) is 19.7 Å². The molecular weight excluding hydrogens is 195 g/mol. The Balaban J connectivity index is 2.27. The van der Waals surface area contributed by atoms with Crippen molar-refractivity contribution in [3.8, 4) is 5.95 Å². The van der Waals surface area contributed by atoms with E-state index in [9.17, 15) is 4.39 Å². The van der Waals surface area contributed by atoms with Crippen LogP contribution in [0.2, 0.25) is 0 Å². The summed E-state index contributed by atoms with van der Waals surface area (Å²) < 4.78 is 14.9. The first-order valence-electron chi connectivity index (χ1n) is 4.49. The van der Waals surface area contributed by atoms with Crippen LogP contribution in [-0.2, 0) is 0 Å². The van der Waals surface area contributed by atoms with Gasteiger partial charge in [-0.2, -0.15) is 5.10 Å². The summed E-state index contributed by atoms with van der Waals surface area (Å²) in [6, 6.07) is 6.58. The van der Waals surface area contributed by atoms with Gasteiger partial charge in [0.05, 0.1) is 5.52 Å². The predicted molar refractivity (Wildman–Crippen MR) is 53.2 cm³/mol. The Morgan fingerprint density at radius 3 is 2.93 bits per heavy atom. The highest BCUT2D eigenvalue weighted by Crippen LogP contribution is 2.16. The molecule has 0 spiro atoms. The van der Waals surface area contributed by atoms with Crippen molar-refractivity contribution in [2.45, 2.75) is 0 Å². The van der Waals surface area contributed by atoms with Crippen LogP contribution in [0.25, 0.3) is 17.0 Å². The topological polar surface area (TPSA) is 46.5 Å². The Kier molecular flexibility index (Phi) is 1.58. The minimum Gasteiger partial charge on any atom is -0.322 e. The monoisotopic (exact) mass is 202 g/mol. The summed E-state index contributed by atoms with van der Waals surface area (Å²) in [5.41, 5.74) is 1.00. The number of hydrogen-bond acceptors (Lipinski definition) is 2. The summed E-state index contributed by atoms with van der Waals surface area (Å²) in [6.07, 6.45) is 3.39. The third kappa shape index (κ3) is 1.20. The molecule has 0 bridgehead atoms. The fourth-order valence-corrected chi connectivity index (χ4v) is 1.49. The Bertz CT molecular complexity index is 597. The Labute approximate surface area is 84.4 Å². The minimum atomic E-state index is -0.331. The van der Waals surface area contributed by atoms with Crippen LogP contribution in [0.4, 0.5) is 4.39 Å². The molecule has 15 heavy (non-hydrogen) atoms. The van der Waals surface area contributed by atoms with Gasteiger partial charge in [-0.1, -0.05) is 6.07 Å². The highest BCUT2D eigenvalue weighted by molar-refractivity contribution is 5.76. The quantitative estimate of drug-likeness (QED) is 0.655. The van der Waals surface area contributed by atoms with Crippen LogP contribution in [0.1, 0.15) is 0 Å². The highest BCUT2D eigenvalue weighted by Gasteiger charge is 2.07. The zero-order chi connectivity index (χ0) is 10.3. The van der Waals surface area contributed by atoms with E-state index in [0.29, 0.717) is 17.0 Å². The number of aromatic amines is 1. The molecule has 0 saturated carbocycles. The van der Waals surface area contributed by atoms with Crippen molar-refractivity contribution in [1.82, 2.24) is 19.7 Å². The molecule has 0 aliphatic carbocycles. The maximum atomic E-state index is 13.3. The fraction of sp³-hybridized carbons (Fsp3) is 0. The van der Waals surface area contributed by atoms with E-state index < -0.39 is 0 Å². The average Bonchev–Trinajstić information content (AvgIpc) is 2.86. The van der Waals surface area contributed by atoms with Crippen molar-refractivity contribution in [2.75, 3.05) is 0 Å². The van der Waals surface area contributed by atoms with Crippen molar-refractivity contribution in [3.63, 3.8) is 0 Å². The van der Waals surface area contributed by atoms with E-state index >= 15 is 0 Å². The number of aromatic nitrogens is 4. The first-order valence-corrected chi connectivity index (χ1v) is 4.49. The van der Waals surface area contributed by atoms with Gasteiger partial charge in [-0.25, -0.2) is 14.1 Å². The zero-order valence-electron chi connectivity index (χ0n) is 7.68. The first kappa shape index (κ1) is 8.16. The number of H-pyrrole nitrogens is 1. The molecule has 0 radical (unpaired) electrons. The predicted octanol–water partition coefficient (Wildman–Crippen LogP) is 1.89. The van der Waals surface area contributed by atoms with Gasteiger partial charge in [0.1, 0.15) is 5.52 Å². The molecule has 0 aliphatic rings. The Hall–Kier alpha value is -2.17. The number of hydrogen-bond donors (Lipinski definition) is 1. The molecule has 5 heteroatoms. The van der Waals surface area contributed by atoms with E-state index in [2.05, 4.69) is 15.1 Å². The highest BCUT2D eigenvalue weighted by atomic mass is 19.1. The Morgan fingerprint density at radius 2 is 2.20 bits per heavy atom. The number of imidazole rings is 1. The first-order chi connectivity index (χ1) is 7.34. The summed E-state index contributed by atoms with van der Waals surface area (Å²) >= 11 is 0. The number of benzene rings is 1. The van der Waals surface area contributed by atoms with Crippen molar-refractivity contribution >= 4 is 11.0 Å².